The molecule has 0 saturated carbocycles. The van der Waals surface area contributed by atoms with Gasteiger partial charge in [-0.15, -0.1) is 11.6 Å². The molecule has 1 heterocycles. The topological polar surface area (TPSA) is 12.4 Å². The highest BCUT2D eigenvalue weighted by atomic mass is 35.5. The number of allylic oxidation sites excluding steroid dienone is 2. The third kappa shape index (κ3) is 1.35. The summed E-state index contributed by atoms with van der Waals surface area (Å²) in [7, 11) is 0. The maximum absolute atomic E-state index is 5.70. The second-order valence-electron chi connectivity index (χ2n) is 1.71. The Hall–Kier alpha value is -0.270. The Morgan fingerprint density at radius 1 is 1.67 bits per heavy atom. The predicted molar refractivity (Wildman–Crippen MR) is 41.2 cm³/mol. The molecule has 0 aromatic rings. The van der Waals surface area contributed by atoms with Gasteiger partial charge in [0, 0.05) is 6.20 Å². The molecule has 1 atom stereocenters. The second kappa shape index (κ2) is 2.54. The summed E-state index contributed by atoms with van der Waals surface area (Å²) in [4.78, 5) is 3.77. The standard InChI is InChI=1S/C6H5Cl2N/c1-4-2-3-9-6(8)5(4)7/h2-3,5H,1H2. The predicted octanol–water partition coefficient (Wildman–Crippen LogP) is 2.31. The fourth-order valence-electron chi connectivity index (χ4n) is 0.507. The molecule has 1 rings (SSSR count). The number of hydrogen-bond acceptors (Lipinski definition) is 1. The Labute approximate surface area is 63.7 Å². The van der Waals surface area contributed by atoms with Crippen LogP contribution in [0.25, 0.3) is 0 Å². The summed E-state index contributed by atoms with van der Waals surface area (Å²) in [6, 6.07) is 0. The highest BCUT2D eigenvalue weighted by Gasteiger charge is 2.14. The molecule has 0 aromatic carbocycles. The first-order chi connectivity index (χ1) is 4.22. The van der Waals surface area contributed by atoms with Crippen LogP contribution in [0, 0.1) is 0 Å². The van der Waals surface area contributed by atoms with E-state index in [0.717, 1.165) is 5.57 Å². The van der Waals surface area contributed by atoms with Gasteiger partial charge in [-0.2, -0.15) is 0 Å². The van der Waals surface area contributed by atoms with Crippen molar-refractivity contribution in [2.24, 2.45) is 4.99 Å². The lowest BCUT2D eigenvalue weighted by molar-refractivity contribution is 1.32. The number of hydrogen-bond donors (Lipinski definition) is 0. The van der Waals surface area contributed by atoms with E-state index >= 15 is 0 Å². The Kier molecular flexibility index (Phi) is 1.94. The van der Waals surface area contributed by atoms with Gasteiger partial charge in [-0.1, -0.05) is 18.2 Å². The zero-order valence-electron chi connectivity index (χ0n) is 4.64. The van der Waals surface area contributed by atoms with E-state index in [-0.39, 0.29) is 5.38 Å². The number of aliphatic imine (C=N–C) groups is 1. The minimum atomic E-state index is -0.323. The number of halogens is 2. The van der Waals surface area contributed by atoms with Gasteiger partial charge >= 0.3 is 0 Å². The zero-order chi connectivity index (χ0) is 6.85. The van der Waals surface area contributed by atoms with Crippen molar-refractivity contribution in [3.05, 3.63) is 24.4 Å². The maximum Gasteiger partial charge on any atom is 0.128 e. The highest BCUT2D eigenvalue weighted by Crippen LogP contribution is 2.17. The molecule has 0 aliphatic carbocycles. The first-order valence-electron chi connectivity index (χ1n) is 2.44. The van der Waals surface area contributed by atoms with Gasteiger partial charge in [0.2, 0.25) is 0 Å². The van der Waals surface area contributed by atoms with Gasteiger partial charge < -0.3 is 0 Å². The van der Waals surface area contributed by atoms with Gasteiger partial charge in [0.05, 0.1) is 0 Å². The average molecular weight is 162 g/mol. The van der Waals surface area contributed by atoms with E-state index < -0.39 is 0 Å². The first-order valence-corrected chi connectivity index (χ1v) is 3.26. The molecule has 0 spiro atoms. The molecule has 48 valence electrons. The highest BCUT2D eigenvalue weighted by molar-refractivity contribution is 6.71. The van der Waals surface area contributed by atoms with E-state index in [1.165, 1.54) is 0 Å². The van der Waals surface area contributed by atoms with Gasteiger partial charge in [-0.3, -0.25) is 0 Å². The summed E-state index contributed by atoms with van der Waals surface area (Å²) in [5.74, 6) is 0. The molecule has 1 aliphatic heterocycles. The molecular formula is C6H5Cl2N. The van der Waals surface area contributed by atoms with Crippen molar-refractivity contribution >= 4 is 28.4 Å². The van der Waals surface area contributed by atoms with Crippen LogP contribution in [0.15, 0.2) is 29.4 Å². The van der Waals surface area contributed by atoms with Crippen molar-refractivity contribution in [1.29, 1.82) is 0 Å². The van der Waals surface area contributed by atoms with Crippen LogP contribution < -0.4 is 0 Å². The Morgan fingerprint density at radius 2 is 2.33 bits per heavy atom. The van der Waals surface area contributed by atoms with E-state index in [1.54, 1.807) is 12.3 Å². The van der Waals surface area contributed by atoms with Crippen LogP contribution in [0.1, 0.15) is 0 Å². The molecule has 1 nitrogen and oxygen atoms in total. The van der Waals surface area contributed by atoms with Crippen molar-refractivity contribution < 1.29 is 0 Å². The average Bonchev–Trinajstić information content (AvgIpc) is 1.83. The smallest absolute Gasteiger partial charge is 0.128 e. The number of rotatable bonds is 0. The lowest BCUT2D eigenvalue weighted by Gasteiger charge is -2.09. The van der Waals surface area contributed by atoms with E-state index in [1.807, 2.05) is 0 Å². The third-order valence-electron chi connectivity index (χ3n) is 1.02. The SMILES string of the molecule is C=C1C=CN=C(Cl)C1Cl. The maximum atomic E-state index is 5.70. The van der Waals surface area contributed by atoms with Gasteiger partial charge in [0.25, 0.3) is 0 Å². The molecule has 1 unspecified atom stereocenters. The van der Waals surface area contributed by atoms with Gasteiger partial charge in [0.1, 0.15) is 10.5 Å². The minimum absolute atomic E-state index is 0.323. The Balaban J connectivity index is 2.86. The molecule has 0 N–H and O–H groups in total. The van der Waals surface area contributed by atoms with Crippen LogP contribution in [0.2, 0.25) is 0 Å². The van der Waals surface area contributed by atoms with Crippen molar-refractivity contribution in [1.82, 2.24) is 0 Å². The van der Waals surface area contributed by atoms with Crippen molar-refractivity contribution in [2.75, 3.05) is 0 Å². The minimum Gasteiger partial charge on any atom is -0.247 e. The summed E-state index contributed by atoms with van der Waals surface area (Å²) >= 11 is 11.3. The Morgan fingerprint density at radius 3 is 2.78 bits per heavy atom. The molecule has 3 heteroatoms. The second-order valence-corrected chi connectivity index (χ2v) is 2.53. The summed E-state index contributed by atoms with van der Waals surface area (Å²) in [6.45, 7) is 3.66. The van der Waals surface area contributed by atoms with Crippen LogP contribution in [-0.2, 0) is 0 Å². The summed E-state index contributed by atoms with van der Waals surface area (Å²) in [5.41, 5.74) is 0.789. The first kappa shape index (κ1) is 6.84. The fourth-order valence-corrected chi connectivity index (χ4v) is 0.833. The molecule has 0 amide bonds. The molecular weight excluding hydrogens is 157 g/mol. The lowest BCUT2D eigenvalue weighted by Crippen LogP contribution is -2.11. The van der Waals surface area contributed by atoms with Gasteiger partial charge in [0.15, 0.2) is 0 Å². The molecule has 9 heavy (non-hydrogen) atoms. The molecule has 0 bridgehead atoms. The quantitative estimate of drug-likeness (QED) is 0.484. The molecule has 0 fully saturated rings. The van der Waals surface area contributed by atoms with Crippen LogP contribution >= 0.6 is 23.2 Å². The van der Waals surface area contributed by atoms with Crippen molar-refractivity contribution in [3.8, 4) is 0 Å². The van der Waals surface area contributed by atoms with Crippen LogP contribution in [0.5, 0.6) is 0 Å². The summed E-state index contributed by atoms with van der Waals surface area (Å²) in [5, 5.41) is 0.0702. The molecule has 0 radical (unpaired) electrons. The zero-order valence-corrected chi connectivity index (χ0v) is 6.15. The monoisotopic (exact) mass is 161 g/mol. The van der Waals surface area contributed by atoms with Crippen molar-refractivity contribution in [2.45, 2.75) is 5.38 Å². The number of nitrogens with zero attached hydrogens (tertiary/aromatic N) is 1. The van der Waals surface area contributed by atoms with Gasteiger partial charge in [-0.25, -0.2) is 4.99 Å². The normalized spacial score (nSPS) is 26.2. The largest absolute Gasteiger partial charge is 0.247 e. The van der Waals surface area contributed by atoms with Crippen LogP contribution in [0.4, 0.5) is 0 Å². The van der Waals surface area contributed by atoms with Crippen molar-refractivity contribution in [3.63, 3.8) is 0 Å². The third-order valence-corrected chi connectivity index (χ3v) is 1.94. The van der Waals surface area contributed by atoms with E-state index in [9.17, 15) is 0 Å². The van der Waals surface area contributed by atoms with E-state index in [2.05, 4.69) is 11.6 Å². The lowest BCUT2D eigenvalue weighted by atomic mass is 10.2. The summed E-state index contributed by atoms with van der Waals surface area (Å²) in [6.07, 6.45) is 3.33. The Bertz CT molecular complexity index is 193. The molecule has 0 saturated heterocycles. The summed E-state index contributed by atoms with van der Waals surface area (Å²) < 4.78 is 0. The molecule has 1 aliphatic rings. The molecule has 0 aromatic heterocycles. The van der Waals surface area contributed by atoms with Crippen LogP contribution in [-0.4, -0.2) is 10.5 Å². The fraction of sp³-hybridized carbons (Fsp3) is 0.167. The number of alkyl halides is 1. The van der Waals surface area contributed by atoms with Crippen LogP contribution in [0.3, 0.4) is 0 Å². The van der Waals surface area contributed by atoms with E-state index in [0.29, 0.717) is 5.17 Å². The van der Waals surface area contributed by atoms with Gasteiger partial charge in [-0.05, 0) is 11.6 Å². The van der Waals surface area contributed by atoms with E-state index in [4.69, 9.17) is 23.2 Å².